The summed E-state index contributed by atoms with van der Waals surface area (Å²) in [5.74, 6) is -0.181. The zero-order valence-corrected chi connectivity index (χ0v) is 23.4. The van der Waals surface area contributed by atoms with Crippen molar-refractivity contribution in [3.63, 3.8) is 0 Å². The Kier molecular flexibility index (Phi) is 8.23. The number of benzene rings is 3. The zero-order chi connectivity index (χ0) is 28.2. The molecule has 0 saturated heterocycles. The van der Waals surface area contributed by atoms with E-state index in [0.717, 1.165) is 16.5 Å². The van der Waals surface area contributed by atoms with E-state index in [1.54, 1.807) is 30.5 Å². The first-order valence-corrected chi connectivity index (χ1v) is 14.4. The number of para-hydroxylation sites is 1. The second-order valence-corrected chi connectivity index (χ2v) is 12.2. The molecule has 0 unspecified atom stereocenters. The maximum absolute atomic E-state index is 14.1. The smallest absolute Gasteiger partial charge is 0.419 e. The van der Waals surface area contributed by atoms with E-state index in [0.29, 0.717) is 16.6 Å². The molecule has 4 rings (SSSR count). The van der Waals surface area contributed by atoms with Gasteiger partial charge in [0.1, 0.15) is 5.60 Å². The number of fused-ring (bicyclic) bond motifs is 1. The van der Waals surface area contributed by atoms with Crippen LogP contribution in [0.3, 0.4) is 0 Å². The highest BCUT2D eigenvalue weighted by Gasteiger charge is 2.35. The Morgan fingerprint density at radius 3 is 2.26 bits per heavy atom. The predicted octanol–water partition coefficient (Wildman–Crippen LogP) is 7.17. The van der Waals surface area contributed by atoms with Gasteiger partial charge in [-0.25, -0.2) is 13.2 Å². The molecule has 0 amide bonds. The summed E-state index contributed by atoms with van der Waals surface area (Å²) in [4.78, 5) is 13.3. The third kappa shape index (κ3) is 6.21. The molecule has 0 saturated carbocycles. The fourth-order valence-electron chi connectivity index (χ4n) is 4.68. The Bertz CT molecular complexity index is 1600. The number of sulfonamides is 1. The standard InChI is InChI=1S/C32H34N2O4S/c1-6-21-34(39(36,37)23-24-15-9-8-10-16-24)30(26-18-12-11-17-25(26)7-2)28-22-33(31(35)38-32(3,4)5)29-20-14-13-19-27(28)29/h6-20,22,30H,1-2,21,23H2,3-5H3/t30-/m0/s1. The minimum absolute atomic E-state index is 0.0667. The van der Waals surface area contributed by atoms with Gasteiger partial charge in [0, 0.05) is 23.7 Å². The average Bonchev–Trinajstić information content (AvgIpc) is 3.28. The quantitative estimate of drug-likeness (QED) is 0.210. The summed E-state index contributed by atoms with van der Waals surface area (Å²) in [6, 6.07) is 23.3. The van der Waals surface area contributed by atoms with Gasteiger partial charge in [-0.05, 0) is 43.5 Å². The van der Waals surface area contributed by atoms with E-state index < -0.39 is 27.8 Å². The number of aromatic nitrogens is 1. The molecule has 1 heterocycles. The number of hydrogen-bond acceptors (Lipinski definition) is 4. The highest BCUT2D eigenvalue weighted by atomic mass is 32.2. The molecule has 0 aliphatic carbocycles. The largest absolute Gasteiger partial charge is 0.443 e. The lowest BCUT2D eigenvalue weighted by atomic mass is 9.94. The Morgan fingerprint density at radius 1 is 0.949 bits per heavy atom. The van der Waals surface area contributed by atoms with Gasteiger partial charge < -0.3 is 4.74 Å². The molecule has 0 radical (unpaired) electrons. The van der Waals surface area contributed by atoms with Crippen LogP contribution in [0.15, 0.2) is 104 Å². The Hall–Kier alpha value is -3.94. The summed E-state index contributed by atoms with van der Waals surface area (Å²) in [7, 11) is -3.86. The van der Waals surface area contributed by atoms with Crippen molar-refractivity contribution in [3.8, 4) is 0 Å². The molecule has 1 aromatic heterocycles. The maximum atomic E-state index is 14.1. The van der Waals surface area contributed by atoms with Crippen molar-refractivity contribution in [2.24, 2.45) is 0 Å². The summed E-state index contributed by atoms with van der Waals surface area (Å²) in [6.45, 7) is 13.3. The lowest BCUT2D eigenvalue weighted by molar-refractivity contribution is 0.0544. The fourth-order valence-corrected chi connectivity index (χ4v) is 6.34. The van der Waals surface area contributed by atoms with E-state index in [2.05, 4.69) is 13.2 Å². The first-order chi connectivity index (χ1) is 18.6. The van der Waals surface area contributed by atoms with Crippen LogP contribution in [0.25, 0.3) is 17.0 Å². The molecule has 202 valence electrons. The third-order valence-electron chi connectivity index (χ3n) is 6.28. The van der Waals surface area contributed by atoms with Crippen LogP contribution in [-0.2, 0) is 20.5 Å². The van der Waals surface area contributed by atoms with Crippen LogP contribution in [0.4, 0.5) is 4.79 Å². The third-order valence-corrected chi connectivity index (χ3v) is 8.06. The van der Waals surface area contributed by atoms with Crippen LogP contribution in [0, 0.1) is 0 Å². The van der Waals surface area contributed by atoms with Gasteiger partial charge in [-0.3, -0.25) is 4.57 Å². The molecular formula is C32H34N2O4S. The van der Waals surface area contributed by atoms with Crippen LogP contribution in [0.5, 0.6) is 0 Å². The van der Waals surface area contributed by atoms with E-state index in [9.17, 15) is 13.2 Å². The Balaban J connectivity index is 1.98. The van der Waals surface area contributed by atoms with Gasteiger partial charge in [0.25, 0.3) is 0 Å². The SMILES string of the molecule is C=CCN([C@@H](c1ccccc1C=C)c1cn(C(=O)OC(C)(C)C)c2ccccc12)S(=O)(=O)Cc1ccccc1. The van der Waals surface area contributed by atoms with Crippen molar-refractivity contribution >= 4 is 33.1 Å². The van der Waals surface area contributed by atoms with Crippen LogP contribution in [0.2, 0.25) is 0 Å². The second-order valence-electron chi connectivity index (χ2n) is 10.3. The molecule has 3 aromatic carbocycles. The van der Waals surface area contributed by atoms with Crippen molar-refractivity contribution in [3.05, 3.63) is 127 Å². The van der Waals surface area contributed by atoms with Crippen molar-refractivity contribution in [1.82, 2.24) is 8.87 Å². The number of carbonyl (C=O) groups excluding carboxylic acids is 1. The minimum Gasteiger partial charge on any atom is -0.443 e. The predicted molar refractivity (Wildman–Crippen MR) is 158 cm³/mol. The maximum Gasteiger partial charge on any atom is 0.419 e. The number of hydrogen-bond donors (Lipinski definition) is 0. The molecule has 6 nitrogen and oxygen atoms in total. The van der Waals surface area contributed by atoms with Gasteiger partial charge >= 0.3 is 6.09 Å². The molecule has 7 heteroatoms. The van der Waals surface area contributed by atoms with Crippen molar-refractivity contribution in [1.29, 1.82) is 0 Å². The summed E-state index contributed by atoms with van der Waals surface area (Å²) in [5, 5.41) is 0.746. The second kappa shape index (κ2) is 11.4. The molecule has 4 aromatic rings. The van der Waals surface area contributed by atoms with Gasteiger partial charge in [-0.15, -0.1) is 6.58 Å². The molecule has 0 fully saturated rings. The lowest BCUT2D eigenvalue weighted by Gasteiger charge is -2.31. The van der Waals surface area contributed by atoms with Gasteiger partial charge in [-0.2, -0.15) is 4.31 Å². The van der Waals surface area contributed by atoms with Crippen LogP contribution in [0.1, 0.15) is 49.1 Å². The Labute approximate surface area is 230 Å². The minimum atomic E-state index is -3.86. The first-order valence-electron chi connectivity index (χ1n) is 12.7. The summed E-state index contributed by atoms with van der Waals surface area (Å²) < 4.78 is 36.8. The molecule has 1 atom stereocenters. The van der Waals surface area contributed by atoms with E-state index in [1.165, 1.54) is 8.87 Å². The fraction of sp³-hybridized carbons (Fsp3) is 0.219. The van der Waals surface area contributed by atoms with E-state index in [4.69, 9.17) is 4.74 Å². The summed E-state index contributed by atoms with van der Waals surface area (Å²) in [5.41, 5.74) is 2.80. The number of rotatable bonds is 9. The molecular weight excluding hydrogens is 508 g/mol. The van der Waals surface area contributed by atoms with Crippen LogP contribution in [-0.4, -0.2) is 35.5 Å². The highest BCUT2D eigenvalue weighted by Crippen LogP contribution is 2.39. The zero-order valence-electron chi connectivity index (χ0n) is 22.6. The van der Waals surface area contributed by atoms with Crippen LogP contribution < -0.4 is 0 Å². The number of ether oxygens (including phenoxy) is 1. The highest BCUT2D eigenvalue weighted by molar-refractivity contribution is 7.88. The molecule has 0 N–H and O–H groups in total. The topological polar surface area (TPSA) is 68.6 Å². The monoisotopic (exact) mass is 542 g/mol. The lowest BCUT2D eigenvalue weighted by Crippen LogP contribution is -2.37. The average molecular weight is 543 g/mol. The van der Waals surface area contributed by atoms with Crippen LogP contribution >= 0.6 is 0 Å². The van der Waals surface area contributed by atoms with Crippen molar-refractivity contribution in [2.75, 3.05) is 6.54 Å². The molecule has 0 bridgehead atoms. The van der Waals surface area contributed by atoms with Crippen molar-refractivity contribution < 1.29 is 17.9 Å². The Morgan fingerprint density at radius 2 is 1.59 bits per heavy atom. The molecule has 0 aliphatic heterocycles. The normalized spacial score (nSPS) is 12.8. The van der Waals surface area contributed by atoms with E-state index in [1.807, 2.05) is 87.5 Å². The van der Waals surface area contributed by atoms with Gasteiger partial charge in [0.15, 0.2) is 0 Å². The summed E-state index contributed by atoms with van der Waals surface area (Å²) in [6.07, 6.45) is 4.45. The van der Waals surface area contributed by atoms with Gasteiger partial charge in [0.2, 0.25) is 10.0 Å². The molecule has 0 aliphatic rings. The van der Waals surface area contributed by atoms with E-state index in [-0.39, 0.29) is 12.3 Å². The van der Waals surface area contributed by atoms with Gasteiger partial charge in [0.05, 0.1) is 17.3 Å². The first kappa shape index (κ1) is 28.1. The van der Waals surface area contributed by atoms with Crippen molar-refractivity contribution in [2.45, 2.75) is 38.2 Å². The summed E-state index contributed by atoms with van der Waals surface area (Å²) >= 11 is 0. The van der Waals surface area contributed by atoms with Gasteiger partial charge in [-0.1, -0.05) is 91.5 Å². The number of nitrogens with zero attached hydrogens (tertiary/aromatic N) is 2. The molecule has 0 spiro atoms. The number of carbonyl (C=O) groups is 1. The molecule has 39 heavy (non-hydrogen) atoms. The van der Waals surface area contributed by atoms with E-state index >= 15 is 0 Å².